The lowest BCUT2D eigenvalue weighted by Gasteiger charge is -2.35. The lowest BCUT2D eigenvalue weighted by Crippen LogP contribution is -2.49. The number of nitrogens with zero attached hydrogens (tertiary/aromatic N) is 3. The fraction of sp³-hybridized carbons (Fsp3) is 0.650. The smallest absolute Gasteiger partial charge is 0.342 e. The third-order valence-corrected chi connectivity index (χ3v) is 5.44. The maximum absolute atomic E-state index is 12.8. The number of alkyl halides is 3. The van der Waals surface area contributed by atoms with E-state index in [9.17, 15) is 18.0 Å². The summed E-state index contributed by atoms with van der Waals surface area (Å²) in [4.78, 5) is 18.8. The van der Waals surface area contributed by atoms with Crippen molar-refractivity contribution in [2.24, 2.45) is 0 Å². The van der Waals surface area contributed by atoms with Gasteiger partial charge in [-0.1, -0.05) is 31.0 Å². The minimum atomic E-state index is -4.30. The van der Waals surface area contributed by atoms with E-state index in [2.05, 4.69) is 9.80 Å². The molecule has 0 N–H and O–H groups in total. The Hall–Kier alpha value is -1.60. The second kappa shape index (κ2) is 9.06. The standard InChI is InChI=1S/C20H28F3N3O/c21-20(22,23)18-7-5-6-17(14-18)15-24-10-12-25(13-11-24)16-19(27)26-8-3-1-2-4-9-26/h5-7,14H,1-4,8-13,15-16H2. The van der Waals surface area contributed by atoms with Crippen LogP contribution in [0.2, 0.25) is 0 Å². The summed E-state index contributed by atoms with van der Waals surface area (Å²) in [6.07, 6.45) is 0.297. The van der Waals surface area contributed by atoms with Crippen molar-refractivity contribution >= 4 is 5.91 Å². The van der Waals surface area contributed by atoms with Gasteiger partial charge < -0.3 is 4.90 Å². The topological polar surface area (TPSA) is 26.8 Å². The lowest BCUT2D eigenvalue weighted by atomic mass is 10.1. The van der Waals surface area contributed by atoms with Crippen LogP contribution in [0.15, 0.2) is 24.3 Å². The zero-order valence-electron chi connectivity index (χ0n) is 15.7. The zero-order valence-corrected chi connectivity index (χ0v) is 15.7. The Bertz CT molecular complexity index is 619. The molecule has 2 fully saturated rings. The van der Waals surface area contributed by atoms with E-state index >= 15 is 0 Å². The van der Waals surface area contributed by atoms with Crippen LogP contribution in [-0.2, 0) is 17.5 Å². The number of hydrogen-bond acceptors (Lipinski definition) is 3. The van der Waals surface area contributed by atoms with Gasteiger partial charge in [-0.25, -0.2) is 0 Å². The predicted octanol–water partition coefficient (Wildman–Crippen LogP) is 3.23. The van der Waals surface area contributed by atoms with Crippen molar-refractivity contribution in [1.29, 1.82) is 0 Å². The molecular weight excluding hydrogens is 355 g/mol. The molecule has 2 heterocycles. The van der Waals surface area contributed by atoms with Gasteiger partial charge in [0.15, 0.2) is 0 Å². The van der Waals surface area contributed by atoms with Gasteiger partial charge >= 0.3 is 6.18 Å². The number of likely N-dealkylation sites (tertiary alicyclic amines) is 1. The van der Waals surface area contributed by atoms with E-state index in [-0.39, 0.29) is 5.91 Å². The van der Waals surface area contributed by atoms with Gasteiger partial charge in [-0.3, -0.25) is 14.6 Å². The number of benzene rings is 1. The summed E-state index contributed by atoms with van der Waals surface area (Å²) >= 11 is 0. The van der Waals surface area contributed by atoms with Crippen molar-refractivity contribution in [1.82, 2.24) is 14.7 Å². The Morgan fingerprint density at radius 3 is 2.15 bits per heavy atom. The lowest BCUT2D eigenvalue weighted by molar-refractivity contribution is -0.137. The third kappa shape index (κ3) is 5.94. The van der Waals surface area contributed by atoms with Crippen molar-refractivity contribution in [3.8, 4) is 0 Å². The highest BCUT2D eigenvalue weighted by Crippen LogP contribution is 2.29. The van der Waals surface area contributed by atoms with Crippen LogP contribution in [0.3, 0.4) is 0 Å². The van der Waals surface area contributed by atoms with Gasteiger partial charge in [0.1, 0.15) is 0 Å². The van der Waals surface area contributed by atoms with E-state index in [4.69, 9.17) is 0 Å². The molecule has 150 valence electrons. The zero-order chi connectivity index (χ0) is 19.3. The molecule has 2 aliphatic rings. The number of halogens is 3. The molecule has 0 radical (unpaired) electrons. The maximum atomic E-state index is 12.8. The van der Waals surface area contributed by atoms with Crippen molar-refractivity contribution in [2.75, 3.05) is 45.8 Å². The van der Waals surface area contributed by atoms with Crippen LogP contribution in [-0.4, -0.2) is 66.4 Å². The first-order valence-corrected chi connectivity index (χ1v) is 9.80. The summed E-state index contributed by atoms with van der Waals surface area (Å²) in [7, 11) is 0. The monoisotopic (exact) mass is 383 g/mol. The molecule has 27 heavy (non-hydrogen) atoms. The van der Waals surface area contributed by atoms with Crippen LogP contribution in [0, 0.1) is 0 Å². The highest BCUT2D eigenvalue weighted by Gasteiger charge is 2.30. The van der Waals surface area contributed by atoms with Crippen molar-refractivity contribution < 1.29 is 18.0 Å². The highest BCUT2D eigenvalue weighted by atomic mass is 19.4. The summed E-state index contributed by atoms with van der Waals surface area (Å²) in [6, 6.07) is 5.55. The molecule has 1 aromatic carbocycles. The van der Waals surface area contributed by atoms with Crippen LogP contribution < -0.4 is 0 Å². The van der Waals surface area contributed by atoms with Gasteiger partial charge in [-0.05, 0) is 24.5 Å². The van der Waals surface area contributed by atoms with E-state index < -0.39 is 11.7 Å². The molecule has 1 aromatic rings. The van der Waals surface area contributed by atoms with Crippen LogP contribution in [0.25, 0.3) is 0 Å². The fourth-order valence-electron chi connectivity index (χ4n) is 3.82. The molecule has 0 unspecified atom stereocenters. The number of carbonyl (C=O) groups is 1. The summed E-state index contributed by atoms with van der Waals surface area (Å²) in [5, 5.41) is 0. The predicted molar refractivity (Wildman–Crippen MR) is 98.2 cm³/mol. The normalized spacial score (nSPS) is 20.5. The van der Waals surface area contributed by atoms with Crippen LogP contribution >= 0.6 is 0 Å². The Kier molecular flexibility index (Phi) is 6.76. The molecule has 2 aliphatic heterocycles. The van der Waals surface area contributed by atoms with E-state index in [1.807, 2.05) is 4.90 Å². The first kappa shape index (κ1) is 20.1. The molecule has 0 spiro atoms. The van der Waals surface area contributed by atoms with Crippen molar-refractivity contribution in [3.05, 3.63) is 35.4 Å². The van der Waals surface area contributed by atoms with E-state index in [0.29, 0.717) is 18.7 Å². The van der Waals surface area contributed by atoms with Crippen molar-refractivity contribution in [2.45, 2.75) is 38.4 Å². The van der Waals surface area contributed by atoms with Gasteiger partial charge in [0, 0.05) is 45.8 Å². The molecule has 0 atom stereocenters. The van der Waals surface area contributed by atoms with Gasteiger partial charge in [-0.15, -0.1) is 0 Å². The van der Waals surface area contributed by atoms with E-state index in [0.717, 1.165) is 58.2 Å². The third-order valence-electron chi connectivity index (χ3n) is 5.44. The molecule has 2 saturated heterocycles. The van der Waals surface area contributed by atoms with E-state index in [1.54, 1.807) is 6.07 Å². The summed E-state index contributed by atoms with van der Waals surface area (Å²) in [5.41, 5.74) is 0.0839. The average Bonchev–Trinajstić information content (AvgIpc) is 2.92. The average molecular weight is 383 g/mol. The Labute approximate surface area is 158 Å². The van der Waals surface area contributed by atoms with Crippen LogP contribution in [0.4, 0.5) is 13.2 Å². The van der Waals surface area contributed by atoms with Crippen molar-refractivity contribution in [3.63, 3.8) is 0 Å². The second-order valence-electron chi connectivity index (χ2n) is 7.55. The minimum absolute atomic E-state index is 0.211. The summed E-state index contributed by atoms with van der Waals surface area (Å²) in [5.74, 6) is 0.211. The SMILES string of the molecule is O=C(CN1CCN(Cc2cccc(C(F)(F)F)c2)CC1)N1CCCCCC1. The Morgan fingerprint density at radius 1 is 0.889 bits per heavy atom. The summed E-state index contributed by atoms with van der Waals surface area (Å²) < 4.78 is 38.5. The molecule has 3 rings (SSSR count). The molecule has 1 amide bonds. The van der Waals surface area contributed by atoms with Gasteiger partial charge in [0.05, 0.1) is 12.1 Å². The fourth-order valence-corrected chi connectivity index (χ4v) is 3.82. The minimum Gasteiger partial charge on any atom is -0.342 e. The molecule has 7 heteroatoms. The Morgan fingerprint density at radius 2 is 1.52 bits per heavy atom. The molecule has 0 bridgehead atoms. The molecule has 0 aromatic heterocycles. The Balaban J connectivity index is 1.45. The second-order valence-corrected chi connectivity index (χ2v) is 7.55. The quantitative estimate of drug-likeness (QED) is 0.799. The largest absolute Gasteiger partial charge is 0.416 e. The van der Waals surface area contributed by atoms with Gasteiger partial charge in [0.25, 0.3) is 0 Å². The first-order chi connectivity index (χ1) is 12.9. The molecule has 0 aliphatic carbocycles. The number of rotatable bonds is 4. The first-order valence-electron chi connectivity index (χ1n) is 9.80. The van der Waals surface area contributed by atoms with Crippen LogP contribution in [0.5, 0.6) is 0 Å². The van der Waals surface area contributed by atoms with E-state index in [1.165, 1.54) is 25.0 Å². The highest BCUT2D eigenvalue weighted by molar-refractivity contribution is 5.78. The molecular formula is C20H28F3N3O. The number of hydrogen-bond donors (Lipinski definition) is 0. The number of carbonyl (C=O) groups excluding carboxylic acids is 1. The summed E-state index contributed by atoms with van der Waals surface area (Å²) in [6.45, 7) is 5.79. The van der Waals surface area contributed by atoms with Gasteiger partial charge in [-0.2, -0.15) is 13.2 Å². The van der Waals surface area contributed by atoms with Gasteiger partial charge in [0.2, 0.25) is 5.91 Å². The number of piperazine rings is 1. The molecule has 0 saturated carbocycles. The number of amides is 1. The maximum Gasteiger partial charge on any atom is 0.416 e. The molecule has 4 nitrogen and oxygen atoms in total. The van der Waals surface area contributed by atoms with Crippen LogP contribution in [0.1, 0.15) is 36.8 Å².